The lowest BCUT2D eigenvalue weighted by molar-refractivity contribution is 0.597. The topological polar surface area (TPSA) is 84.8 Å². The monoisotopic (exact) mass is 452 g/mol. The number of thiazole rings is 1. The number of anilines is 1. The predicted molar refractivity (Wildman–Crippen MR) is 113 cm³/mol. The number of rotatable bonds is 6. The molecule has 0 bridgehead atoms. The van der Waals surface area contributed by atoms with Crippen LogP contribution in [0.1, 0.15) is 37.6 Å². The van der Waals surface area contributed by atoms with Gasteiger partial charge in [0.15, 0.2) is 0 Å². The molecule has 6 nitrogen and oxygen atoms in total. The summed E-state index contributed by atoms with van der Waals surface area (Å²) >= 11 is 7.42. The smallest absolute Gasteiger partial charge is 0.235 e. The van der Waals surface area contributed by atoms with E-state index in [-0.39, 0.29) is 16.9 Å². The number of hydrogen-bond acceptors (Lipinski definition) is 6. The van der Waals surface area contributed by atoms with E-state index in [1.807, 2.05) is 13.8 Å². The third kappa shape index (κ3) is 4.26. The molecule has 0 amide bonds. The molecule has 0 aliphatic heterocycles. The van der Waals surface area contributed by atoms with Crippen molar-refractivity contribution in [1.82, 2.24) is 15.0 Å². The second-order valence-corrected chi connectivity index (χ2v) is 10.5. The minimum atomic E-state index is -3.58. The molecule has 2 aromatic heterocycles. The molecule has 0 spiro atoms. The largest absolute Gasteiger partial charge is 0.280 e. The number of nitrogens with zero attached hydrogens (tertiary/aromatic N) is 3. The lowest BCUT2D eigenvalue weighted by Crippen LogP contribution is -2.18. The predicted octanol–water partition coefficient (Wildman–Crippen LogP) is 5.09. The summed E-state index contributed by atoms with van der Waals surface area (Å²) in [6.07, 6.45) is 2.75. The van der Waals surface area contributed by atoms with E-state index in [1.54, 1.807) is 18.3 Å². The Morgan fingerprint density at radius 1 is 1.24 bits per heavy atom. The van der Waals surface area contributed by atoms with Gasteiger partial charge in [0.1, 0.15) is 5.82 Å². The molecule has 2 heterocycles. The summed E-state index contributed by atoms with van der Waals surface area (Å²) in [5.41, 5.74) is 1.71. The van der Waals surface area contributed by atoms with Crippen molar-refractivity contribution in [3.8, 4) is 21.8 Å². The highest BCUT2D eigenvalue weighted by molar-refractivity contribution is 7.93. The van der Waals surface area contributed by atoms with Crippen molar-refractivity contribution in [2.45, 2.75) is 37.9 Å². The van der Waals surface area contributed by atoms with Crippen molar-refractivity contribution in [2.24, 2.45) is 0 Å². The highest BCUT2D eigenvalue weighted by Crippen LogP contribution is 2.40. The molecule has 1 aliphatic rings. The molecule has 0 atom stereocenters. The zero-order valence-electron chi connectivity index (χ0n) is 15.7. The molecule has 1 fully saturated rings. The van der Waals surface area contributed by atoms with Crippen LogP contribution in [0.25, 0.3) is 21.8 Å². The standard InChI is InChI=1S/C19H18ClFN4O2S2/c1-10(2)18-24-16(17(28-18)14-7-8-22-19(20)23-14)11-3-6-13(21)15(9-11)25-29(26,27)12-4-5-12/h3,6-10,12,25H,4-5H2,1-2H3. The Kier molecular flexibility index (Phi) is 5.30. The van der Waals surface area contributed by atoms with E-state index in [0.29, 0.717) is 29.8 Å². The second-order valence-electron chi connectivity index (χ2n) is 7.14. The maximum atomic E-state index is 14.3. The van der Waals surface area contributed by atoms with Gasteiger partial charge in [0, 0.05) is 17.7 Å². The van der Waals surface area contributed by atoms with Gasteiger partial charge in [-0.1, -0.05) is 13.8 Å². The molecule has 1 aromatic carbocycles. The van der Waals surface area contributed by atoms with Crippen molar-refractivity contribution in [3.63, 3.8) is 0 Å². The van der Waals surface area contributed by atoms with Crippen LogP contribution in [0.4, 0.5) is 10.1 Å². The van der Waals surface area contributed by atoms with Crippen LogP contribution in [0, 0.1) is 5.82 Å². The average molecular weight is 453 g/mol. The number of halogens is 2. The van der Waals surface area contributed by atoms with Crippen LogP contribution < -0.4 is 4.72 Å². The Morgan fingerprint density at radius 2 is 2.00 bits per heavy atom. The molecule has 4 rings (SSSR count). The third-order valence-electron chi connectivity index (χ3n) is 4.45. The molecule has 1 aliphatic carbocycles. The van der Waals surface area contributed by atoms with E-state index >= 15 is 0 Å². The number of hydrogen-bond donors (Lipinski definition) is 1. The first-order valence-corrected chi connectivity index (χ1v) is 11.8. The van der Waals surface area contributed by atoms with Gasteiger partial charge in [-0.15, -0.1) is 11.3 Å². The highest BCUT2D eigenvalue weighted by Gasteiger charge is 2.36. The van der Waals surface area contributed by atoms with Gasteiger partial charge >= 0.3 is 0 Å². The Labute approximate surface area is 177 Å². The number of sulfonamides is 1. The Morgan fingerprint density at radius 3 is 2.66 bits per heavy atom. The summed E-state index contributed by atoms with van der Waals surface area (Å²) in [6.45, 7) is 4.05. The fraction of sp³-hybridized carbons (Fsp3) is 0.316. The summed E-state index contributed by atoms with van der Waals surface area (Å²) < 4.78 is 41.2. The van der Waals surface area contributed by atoms with Gasteiger partial charge < -0.3 is 0 Å². The third-order valence-corrected chi connectivity index (χ3v) is 7.87. The summed E-state index contributed by atoms with van der Waals surface area (Å²) in [5, 5.41) is 0.551. The minimum Gasteiger partial charge on any atom is -0.280 e. The van der Waals surface area contributed by atoms with Crippen molar-refractivity contribution in [1.29, 1.82) is 0 Å². The molecular weight excluding hydrogens is 435 g/mol. The summed E-state index contributed by atoms with van der Waals surface area (Å²) in [4.78, 5) is 13.7. The van der Waals surface area contributed by atoms with Gasteiger partial charge in [-0.05, 0) is 48.7 Å². The normalized spacial score (nSPS) is 14.4. The molecule has 152 valence electrons. The van der Waals surface area contributed by atoms with Gasteiger partial charge in [0.05, 0.1) is 32.2 Å². The number of benzene rings is 1. The first-order chi connectivity index (χ1) is 13.7. The number of nitrogens with one attached hydrogen (secondary N) is 1. The van der Waals surface area contributed by atoms with Gasteiger partial charge in [-0.3, -0.25) is 4.72 Å². The molecule has 1 N–H and O–H groups in total. The maximum Gasteiger partial charge on any atom is 0.235 e. The molecule has 0 radical (unpaired) electrons. The van der Waals surface area contributed by atoms with Crippen molar-refractivity contribution < 1.29 is 12.8 Å². The zero-order chi connectivity index (χ0) is 20.8. The van der Waals surface area contributed by atoms with Crippen LogP contribution in [-0.4, -0.2) is 28.6 Å². The van der Waals surface area contributed by atoms with Crippen LogP contribution in [0.5, 0.6) is 0 Å². The van der Waals surface area contributed by atoms with E-state index in [9.17, 15) is 12.8 Å². The Bertz CT molecular complexity index is 1180. The van der Waals surface area contributed by atoms with Crippen LogP contribution in [0.2, 0.25) is 5.28 Å². The van der Waals surface area contributed by atoms with Crippen LogP contribution in [0.3, 0.4) is 0 Å². The zero-order valence-corrected chi connectivity index (χ0v) is 18.1. The Balaban J connectivity index is 1.81. The minimum absolute atomic E-state index is 0.0832. The summed E-state index contributed by atoms with van der Waals surface area (Å²) in [7, 11) is -3.58. The van der Waals surface area contributed by atoms with Gasteiger partial charge in [-0.2, -0.15) is 0 Å². The van der Waals surface area contributed by atoms with Gasteiger partial charge in [0.25, 0.3) is 0 Å². The van der Waals surface area contributed by atoms with Crippen molar-refractivity contribution >= 4 is 38.6 Å². The van der Waals surface area contributed by atoms with E-state index < -0.39 is 21.1 Å². The van der Waals surface area contributed by atoms with Crippen LogP contribution >= 0.6 is 22.9 Å². The lowest BCUT2D eigenvalue weighted by Gasteiger charge is -2.10. The summed E-state index contributed by atoms with van der Waals surface area (Å²) in [6, 6.07) is 6.02. The highest BCUT2D eigenvalue weighted by atomic mass is 35.5. The quantitative estimate of drug-likeness (QED) is 0.526. The molecule has 10 heteroatoms. The average Bonchev–Trinajstić information content (AvgIpc) is 3.43. The van der Waals surface area contributed by atoms with Crippen molar-refractivity contribution in [3.05, 3.63) is 46.6 Å². The second kappa shape index (κ2) is 7.62. The molecule has 29 heavy (non-hydrogen) atoms. The summed E-state index contributed by atoms with van der Waals surface area (Å²) in [5.74, 6) is -0.456. The van der Waals surface area contributed by atoms with E-state index in [4.69, 9.17) is 16.6 Å². The molecule has 1 saturated carbocycles. The number of aromatic nitrogens is 3. The first-order valence-electron chi connectivity index (χ1n) is 9.06. The fourth-order valence-electron chi connectivity index (χ4n) is 2.78. The molecule has 3 aromatic rings. The Hall–Kier alpha value is -2.10. The first kappa shape index (κ1) is 20.2. The maximum absolute atomic E-state index is 14.3. The molecule has 0 saturated heterocycles. The van der Waals surface area contributed by atoms with E-state index in [1.165, 1.54) is 23.5 Å². The van der Waals surface area contributed by atoms with Gasteiger partial charge in [-0.25, -0.2) is 27.8 Å². The fourth-order valence-corrected chi connectivity index (χ4v) is 5.37. The lowest BCUT2D eigenvalue weighted by atomic mass is 10.1. The van der Waals surface area contributed by atoms with Gasteiger partial charge in [0.2, 0.25) is 15.3 Å². The van der Waals surface area contributed by atoms with Crippen molar-refractivity contribution in [2.75, 3.05) is 4.72 Å². The molecular formula is C19H18ClFN4O2S2. The van der Waals surface area contributed by atoms with Crippen LogP contribution in [-0.2, 0) is 10.0 Å². The van der Waals surface area contributed by atoms with E-state index in [0.717, 1.165) is 9.88 Å². The molecule has 0 unspecified atom stereocenters. The van der Waals surface area contributed by atoms with E-state index in [2.05, 4.69) is 14.7 Å². The SMILES string of the molecule is CC(C)c1nc(-c2ccc(F)c(NS(=O)(=O)C3CC3)c2)c(-c2ccnc(Cl)n2)s1. The van der Waals surface area contributed by atoms with Crippen LogP contribution in [0.15, 0.2) is 30.5 Å².